The molecule has 0 saturated heterocycles. The van der Waals surface area contributed by atoms with Crippen molar-refractivity contribution in [1.82, 2.24) is 15.2 Å². The van der Waals surface area contributed by atoms with Crippen LogP contribution in [0.5, 0.6) is 0 Å². The monoisotopic (exact) mass is 374 g/mol. The SMILES string of the molecule is Cc1nc(SCc2ccc(NC(=O)c3cccc4ccccc34)cc2)n[nH]1. The van der Waals surface area contributed by atoms with Gasteiger partial charge in [0, 0.05) is 17.0 Å². The second kappa shape index (κ2) is 7.63. The summed E-state index contributed by atoms with van der Waals surface area (Å²) in [6.07, 6.45) is 0. The highest BCUT2D eigenvalue weighted by Gasteiger charge is 2.10. The Bertz CT molecular complexity index is 1080. The molecule has 4 rings (SSSR count). The topological polar surface area (TPSA) is 70.7 Å². The number of nitrogens with zero attached hydrogens (tertiary/aromatic N) is 2. The predicted octanol–water partition coefficient (Wildman–Crippen LogP) is 4.81. The van der Waals surface area contributed by atoms with Crippen LogP contribution in [0.3, 0.4) is 0 Å². The van der Waals surface area contributed by atoms with Crippen molar-refractivity contribution < 1.29 is 4.79 Å². The summed E-state index contributed by atoms with van der Waals surface area (Å²) in [4.78, 5) is 17.0. The number of fused-ring (bicyclic) bond motifs is 1. The fourth-order valence-corrected chi connectivity index (χ4v) is 3.64. The number of aromatic nitrogens is 3. The Kier molecular flexibility index (Phi) is 4.89. The molecule has 3 aromatic carbocycles. The first-order chi connectivity index (χ1) is 13.2. The van der Waals surface area contributed by atoms with Gasteiger partial charge in [-0.15, -0.1) is 5.10 Å². The average molecular weight is 374 g/mol. The van der Waals surface area contributed by atoms with E-state index in [1.807, 2.05) is 73.7 Å². The van der Waals surface area contributed by atoms with Crippen molar-refractivity contribution in [2.45, 2.75) is 17.8 Å². The number of H-pyrrole nitrogens is 1. The first-order valence-electron chi connectivity index (χ1n) is 8.59. The van der Waals surface area contributed by atoms with Gasteiger partial charge < -0.3 is 5.32 Å². The molecule has 0 unspecified atom stereocenters. The summed E-state index contributed by atoms with van der Waals surface area (Å²) in [7, 11) is 0. The third kappa shape index (κ3) is 4.01. The average Bonchev–Trinajstić information content (AvgIpc) is 3.12. The molecule has 134 valence electrons. The number of rotatable bonds is 5. The Morgan fingerprint density at radius 1 is 1.04 bits per heavy atom. The fourth-order valence-electron chi connectivity index (χ4n) is 2.84. The van der Waals surface area contributed by atoms with Gasteiger partial charge in [-0.1, -0.05) is 60.3 Å². The smallest absolute Gasteiger partial charge is 0.256 e. The van der Waals surface area contributed by atoms with Crippen LogP contribution >= 0.6 is 11.8 Å². The van der Waals surface area contributed by atoms with E-state index in [9.17, 15) is 4.79 Å². The summed E-state index contributed by atoms with van der Waals surface area (Å²) < 4.78 is 0. The molecule has 0 atom stereocenters. The Morgan fingerprint density at radius 3 is 2.59 bits per heavy atom. The number of carbonyl (C=O) groups is 1. The van der Waals surface area contributed by atoms with Crippen LogP contribution in [0.4, 0.5) is 5.69 Å². The summed E-state index contributed by atoms with van der Waals surface area (Å²) in [5, 5.41) is 12.7. The highest BCUT2D eigenvalue weighted by Crippen LogP contribution is 2.22. The Labute approximate surface area is 161 Å². The largest absolute Gasteiger partial charge is 0.322 e. The fraction of sp³-hybridized carbons (Fsp3) is 0.0952. The molecule has 4 aromatic rings. The quantitative estimate of drug-likeness (QED) is 0.492. The molecule has 0 radical (unpaired) electrons. The maximum absolute atomic E-state index is 12.7. The van der Waals surface area contributed by atoms with Gasteiger partial charge in [0.05, 0.1) is 0 Å². The van der Waals surface area contributed by atoms with Gasteiger partial charge in [-0.05, 0) is 41.5 Å². The molecule has 0 spiro atoms. The summed E-state index contributed by atoms with van der Waals surface area (Å²) in [6, 6.07) is 21.5. The van der Waals surface area contributed by atoms with E-state index in [1.54, 1.807) is 11.8 Å². The molecule has 0 aliphatic rings. The van der Waals surface area contributed by atoms with Crippen LogP contribution < -0.4 is 5.32 Å². The lowest BCUT2D eigenvalue weighted by atomic mass is 10.0. The highest BCUT2D eigenvalue weighted by atomic mass is 32.2. The minimum atomic E-state index is -0.106. The molecule has 0 aliphatic heterocycles. The van der Waals surface area contributed by atoms with Gasteiger partial charge in [0.1, 0.15) is 5.82 Å². The van der Waals surface area contributed by atoms with Crippen molar-refractivity contribution in [3.8, 4) is 0 Å². The molecule has 2 N–H and O–H groups in total. The number of hydrogen-bond donors (Lipinski definition) is 2. The number of aromatic amines is 1. The van der Waals surface area contributed by atoms with E-state index in [0.29, 0.717) is 5.56 Å². The number of nitrogens with one attached hydrogen (secondary N) is 2. The minimum absolute atomic E-state index is 0.106. The molecule has 1 heterocycles. The van der Waals surface area contributed by atoms with Crippen LogP contribution in [0, 0.1) is 6.92 Å². The second-order valence-corrected chi connectivity index (χ2v) is 7.11. The van der Waals surface area contributed by atoms with Gasteiger partial charge in [-0.2, -0.15) is 0 Å². The summed E-state index contributed by atoms with van der Waals surface area (Å²) >= 11 is 1.57. The van der Waals surface area contributed by atoms with Crippen molar-refractivity contribution >= 4 is 34.1 Å². The van der Waals surface area contributed by atoms with E-state index in [4.69, 9.17) is 0 Å². The zero-order valence-corrected chi connectivity index (χ0v) is 15.6. The zero-order chi connectivity index (χ0) is 18.6. The standard InChI is InChI=1S/C21H18N4OS/c1-14-22-21(25-24-14)27-13-15-9-11-17(12-10-15)23-20(26)19-8-4-6-16-5-2-3-7-18(16)19/h2-12H,13H2,1H3,(H,23,26)(H,22,24,25). The first-order valence-corrected chi connectivity index (χ1v) is 9.57. The number of anilines is 1. The summed E-state index contributed by atoms with van der Waals surface area (Å²) in [6.45, 7) is 1.88. The first kappa shape index (κ1) is 17.3. The van der Waals surface area contributed by atoms with Crippen molar-refractivity contribution in [3.05, 3.63) is 83.7 Å². The molecule has 0 saturated carbocycles. The third-order valence-corrected chi connectivity index (χ3v) is 5.11. The zero-order valence-electron chi connectivity index (χ0n) is 14.8. The number of aryl methyl sites for hydroxylation is 1. The molecule has 6 heteroatoms. The Balaban J connectivity index is 1.44. The maximum atomic E-state index is 12.7. The van der Waals surface area contributed by atoms with Gasteiger partial charge in [0.15, 0.2) is 0 Å². The van der Waals surface area contributed by atoms with Gasteiger partial charge in [0.2, 0.25) is 5.16 Å². The maximum Gasteiger partial charge on any atom is 0.256 e. The van der Waals surface area contributed by atoms with Crippen LogP contribution in [0.25, 0.3) is 10.8 Å². The van der Waals surface area contributed by atoms with E-state index < -0.39 is 0 Å². The van der Waals surface area contributed by atoms with E-state index in [2.05, 4.69) is 20.5 Å². The number of hydrogen-bond acceptors (Lipinski definition) is 4. The minimum Gasteiger partial charge on any atom is -0.322 e. The van der Waals surface area contributed by atoms with Gasteiger partial charge in [0.25, 0.3) is 5.91 Å². The summed E-state index contributed by atoms with van der Waals surface area (Å²) in [5.74, 6) is 1.48. The normalized spacial score (nSPS) is 10.9. The molecular formula is C21H18N4OS. The molecule has 5 nitrogen and oxygen atoms in total. The predicted molar refractivity (Wildman–Crippen MR) is 109 cm³/mol. The van der Waals surface area contributed by atoms with Crippen molar-refractivity contribution in [2.24, 2.45) is 0 Å². The number of carbonyl (C=O) groups excluding carboxylic acids is 1. The van der Waals surface area contributed by atoms with E-state index >= 15 is 0 Å². The van der Waals surface area contributed by atoms with Crippen LogP contribution in [0.2, 0.25) is 0 Å². The molecule has 0 bridgehead atoms. The molecule has 1 aromatic heterocycles. The molecule has 27 heavy (non-hydrogen) atoms. The molecular weight excluding hydrogens is 356 g/mol. The molecule has 1 amide bonds. The molecule has 0 aliphatic carbocycles. The van der Waals surface area contributed by atoms with Crippen LogP contribution in [0.1, 0.15) is 21.7 Å². The number of amides is 1. The van der Waals surface area contributed by atoms with E-state index in [1.165, 1.54) is 0 Å². The lowest BCUT2D eigenvalue weighted by Crippen LogP contribution is -2.12. The second-order valence-electron chi connectivity index (χ2n) is 6.17. The number of benzene rings is 3. The molecule has 0 fully saturated rings. The van der Waals surface area contributed by atoms with Gasteiger partial charge >= 0.3 is 0 Å². The lowest BCUT2D eigenvalue weighted by molar-refractivity contribution is 0.102. The van der Waals surface area contributed by atoms with E-state index in [-0.39, 0.29) is 5.91 Å². The Morgan fingerprint density at radius 2 is 1.81 bits per heavy atom. The Hall–Kier alpha value is -3.12. The van der Waals surface area contributed by atoms with Crippen molar-refractivity contribution in [3.63, 3.8) is 0 Å². The van der Waals surface area contributed by atoms with Crippen LogP contribution in [0.15, 0.2) is 71.9 Å². The van der Waals surface area contributed by atoms with Crippen molar-refractivity contribution in [1.29, 1.82) is 0 Å². The van der Waals surface area contributed by atoms with E-state index in [0.717, 1.165) is 38.8 Å². The van der Waals surface area contributed by atoms with Crippen LogP contribution in [-0.2, 0) is 5.75 Å². The van der Waals surface area contributed by atoms with Crippen molar-refractivity contribution in [2.75, 3.05) is 5.32 Å². The third-order valence-electron chi connectivity index (χ3n) is 4.19. The van der Waals surface area contributed by atoms with Gasteiger partial charge in [-0.3, -0.25) is 9.89 Å². The van der Waals surface area contributed by atoms with Gasteiger partial charge in [-0.25, -0.2) is 4.98 Å². The lowest BCUT2D eigenvalue weighted by Gasteiger charge is -2.09. The highest BCUT2D eigenvalue weighted by molar-refractivity contribution is 7.98. The number of thioether (sulfide) groups is 1. The summed E-state index contributed by atoms with van der Waals surface area (Å²) in [5.41, 5.74) is 2.59. The van der Waals surface area contributed by atoms with Crippen LogP contribution in [-0.4, -0.2) is 21.1 Å².